The first-order chi connectivity index (χ1) is 7.12. The van der Waals surface area contributed by atoms with E-state index in [4.69, 9.17) is 0 Å². The predicted molar refractivity (Wildman–Crippen MR) is 76.4 cm³/mol. The fourth-order valence-corrected chi connectivity index (χ4v) is 5.05. The summed E-state index contributed by atoms with van der Waals surface area (Å²) in [7, 11) is 3.94. The molecule has 0 aromatic carbocycles. The number of hydrogen-bond donors (Lipinski definition) is 0. The van der Waals surface area contributed by atoms with E-state index in [9.17, 15) is 0 Å². The molecule has 0 unspecified atom stereocenters. The van der Waals surface area contributed by atoms with Crippen LogP contribution in [0.25, 0.3) is 0 Å². The van der Waals surface area contributed by atoms with E-state index in [-0.39, 0.29) is 0 Å². The molecule has 0 saturated heterocycles. The summed E-state index contributed by atoms with van der Waals surface area (Å²) in [6, 6.07) is 1.52. The molecule has 0 bridgehead atoms. The van der Waals surface area contributed by atoms with Gasteiger partial charge in [-0.15, -0.1) is 0 Å². The standard InChI is InChI=1S/C12H27Si3/c1-4-5-6-7-8-9-10-11-12-15(2,3)14-13/h4-12H2,1-3H3. The molecule has 87 valence electrons. The molecular weight excluding hydrogens is 228 g/mol. The molecule has 0 aliphatic carbocycles. The first-order valence-electron chi connectivity index (χ1n) is 6.56. The molecular formula is C12H27Si3. The Bertz CT molecular complexity index is 135. The molecule has 0 nitrogen and oxygen atoms in total. The third-order valence-corrected chi connectivity index (χ3v) is 14.1. The van der Waals surface area contributed by atoms with Gasteiger partial charge < -0.3 is 0 Å². The Labute approximate surface area is 103 Å². The summed E-state index contributed by atoms with van der Waals surface area (Å²) < 4.78 is 0. The lowest BCUT2D eigenvalue weighted by atomic mass is 10.1. The van der Waals surface area contributed by atoms with Crippen LogP contribution < -0.4 is 0 Å². The molecule has 0 atom stereocenters. The molecule has 0 saturated carbocycles. The summed E-state index contributed by atoms with van der Waals surface area (Å²) >= 11 is 0. The Morgan fingerprint density at radius 1 is 0.867 bits per heavy atom. The van der Waals surface area contributed by atoms with Gasteiger partial charge in [0.05, 0.1) is 0 Å². The van der Waals surface area contributed by atoms with Gasteiger partial charge in [-0.1, -0.05) is 77.4 Å². The third kappa shape index (κ3) is 10.9. The van der Waals surface area contributed by atoms with Gasteiger partial charge in [0.15, 0.2) is 0 Å². The third-order valence-electron chi connectivity index (χ3n) is 2.99. The van der Waals surface area contributed by atoms with Crippen LogP contribution >= 0.6 is 0 Å². The van der Waals surface area contributed by atoms with Crippen molar-refractivity contribution < 1.29 is 0 Å². The second kappa shape index (κ2) is 9.85. The molecule has 0 rings (SSSR count). The van der Waals surface area contributed by atoms with Crippen molar-refractivity contribution in [2.45, 2.75) is 77.4 Å². The summed E-state index contributed by atoms with van der Waals surface area (Å²) in [6.07, 6.45) is 11.6. The van der Waals surface area contributed by atoms with Gasteiger partial charge in [0.1, 0.15) is 0 Å². The van der Waals surface area contributed by atoms with Gasteiger partial charge in [-0.25, -0.2) is 0 Å². The van der Waals surface area contributed by atoms with Crippen molar-refractivity contribution in [1.29, 1.82) is 0 Å². The smallest absolute Gasteiger partial charge is 0.0320 e. The molecule has 0 heterocycles. The number of unbranched alkanes of at least 4 members (excludes halogenated alkanes) is 7. The summed E-state index contributed by atoms with van der Waals surface area (Å²) in [6.45, 7) is 7.28. The van der Waals surface area contributed by atoms with E-state index in [0.717, 1.165) is 8.55 Å². The van der Waals surface area contributed by atoms with Crippen LogP contribution in [0, 0.1) is 0 Å². The van der Waals surface area contributed by atoms with Crippen LogP contribution in [0.3, 0.4) is 0 Å². The maximum absolute atomic E-state index is 3.72. The van der Waals surface area contributed by atoms with Gasteiger partial charge in [-0.2, -0.15) is 0 Å². The topological polar surface area (TPSA) is 0 Å². The van der Waals surface area contributed by atoms with Crippen molar-refractivity contribution in [3.05, 3.63) is 0 Å². The highest BCUT2D eigenvalue weighted by atomic mass is 29.5. The van der Waals surface area contributed by atoms with Crippen LogP contribution in [0.15, 0.2) is 0 Å². The Morgan fingerprint density at radius 3 is 1.80 bits per heavy atom. The van der Waals surface area contributed by atoms with Crippen LogP contribution in [-0.2, 0) is 0 Å². The summed E-state index contributed by atoms with van der Waals surface area (Å²) in [5.41, 5.74) is 0. The van der Waals surface area contributed by atoms with Gasteiger partial charge >= 0.3 is 0 Å². The van der Waals surface area contributed by atoms with Crippen LogP contribution in [0.5, 0.6) is 0 Å². The first-order valence-corrected chi connectivity index (χ1v) is 13.3. The Morgan fingerprint density at radius 2 is 1.33 bits per heavy atom. The molecule has 0 fully saturated rings. The largest absolute Gasteiger partial charge is 0.0719 e. The van der Waals surface area contributed by atoms with Crippen molar-refractivity contribution in [3.63, 3.8) is 0 Å². The average Bonchev–Trinajstić information content (AvgIpc) is 2.22. The lowest BCUT2D eigenvalue weighted by molar-refractivity contribution is 0.584. The monoisotopic (exact) mass is 255 g/mol. The first kappa shape index (κ1) is 15.7. The van der Waals surface area contributed by atoms with E-state index in [2.05, 4.69) is 29.8 Å². The second-order valence-electron chi connectivity index (χ2n) is 5.23. The van der Waals surface area contributed by atoms with Crippen molar-refractivity contribution in [3.8, 4) is 0 Å². The molecule has 0 aromatic heterocycles. The maximum atomic E-state index is 3.72. The minimum Gasteiger partial charge on any atom is -0.0719 e. The normalized spacial score (nSPS) is 12.0. The zero-order chi connectivity index (χ0) is 11.6. The lowest BCUT2D eigenvalue weighted by Gasteiger charge is -2.19. The zero-order valence-corrected chi connectivity index (χ0v) is 13.9. The van der Waals surface area contributed by atoms with Crippen molar-refractivity contribution in [2.24, 2.45) is 0 Å². The summed E-state index contributed by atoms with van der Waals surface area (Å²) in [5.74, 6) is 0. The van der Waals surface area contributed by atoms with Gasteiger partial charge in [-0.05, 0) is 0 Å². The van der Waals surface area contributed by atoms with E-state index < -0.39 is 7.59 Å². The molecule has 0 spiro atoms. The van der Waals surface area contributed by atoms with Gasteiger partial charge in [0.25, 0.3) is 0 Å². The molecule has 3 heteroatoms. The minimum absolute atomic E-state index is 0.817. The van der Waals surface area contributed by atoms with Crippen LogP contribution in [0.1, 0.15) is 58.3 Å². The van der Waals surface area contributed by atoms with Crippen molar-refractivity contribution in [1.82, 2.24) is 0 Å². The fourth-order valence-electron chi connectivity index (χ4n) is 1.76. The van der Waals surface area contributed by atoms with Crippen LogP contribution in [-0.4, -0.2) is 25.9 Å². The van der Waals surface area contributed by atoms with E-state index in [0.29, 0.717) is 0 Å². The van der Waals surface area contributed by atoms with Crippen LogP contribution in [0.2, 0.25) is 19.1 Å². The molecule has 0 aromatic rings. The highest BCUT2D eigenvalue weighted by Gasteiger charge is 2.16. The van der Waals surface area contributed by atoms with E-state index in [1.54, 1.807) is 0 Å². The molecule has 0 N–H and O–H groups in total. The van der Waals surface area contributed by atoms with E-state index in [1.807, 2.05) is 0 Å². The number of rotatable bonds is 10. The molecule has 0 amide bonds. The minimum atomic E-state index is -0.817. The van der Waals surface area contributed by atoms with Crippen molar-refractivity contribution in [2.75, 3.05) is 0 Å². The highest BCUT2D eigenvalue weighted by molar-refractivity contribution is 7.39. The lowest BCUT2D eigenvalue weighted by Crippen LogP contribution is -2.34. The quantitative estimate of drug-likeness (QED) is 0.407. The fraction of sp³-hybridized carbons (Fsp3) is 1.00. The number of hydrogen-bond acceptors (Lipinski definition) is 0. The zero-order valence-electron chi connectivity index (χ0n) is 10.9. The predicted octanol–water partition coefficient (Wildman–Crippen LogP) is 4.12. The second-order valence-corrected chi connectivity index (χ2v) is 16.8. The molecule has 5 radical (unpaired) electrons. The average molecular weight is 256 g/mol. The highest BCUT2D eigenvalue weighted by Crippen LogP contribution is 2.15. The molecule has 0 aliphatic heterocycles. The van der Waals surface area contributed by atoms with Gasteiger partial charge in [-0.3, -0.25) is 0 Å². The Kier molecular flexibility index (Phi) is 10.3. The SMILES string of the molecule is CCCCCCCCCC[Si](C)(C)[Si][Si]. The van der Waals surface area contributed by atoms with E-state index in [1.165, 1.54) is 57.4 Å². The Balaban J connectivity index is 3.11. The van der Waals surface area contributed by atoms with Crippen LogP contribution in [0.4, 0.5) is 0 Å². The van der Waals surface area contributed by atoms with E-state index >= 15 is 0 Å². The maximum Gasteiger partial charge on any atom is 0.0320 e. The summed E-state index contributed by atoms with van der Waals surface area (Å²) in [4.78, 5) is 0. The molecule has 0 aliphatic rings. The van der Waals surface area contributed by atoms with Gasteiger partial charge in [0.2, 0.25) is 0 Å². The molecule has 15 heavy (non-hydrogen) atoms. The Hall–Kier alpha value is 0.651. The van der Waals surface area contributed by atoms with Crippen molar-refractivity contribution >= 4 is 25.9 Å². The summed E-state index contributed by atoms with van der Waals surface area (Å²) in [5, 5.41) is 0. The van der Waals surface area contributed by atoms with Gasteiger partial charge in [0, 0.05) is 25.9 Å².